The van der Waals surface area contributed by atoms with Crippen molar-refractivity contribution in [2.75, 3.05) is 0 Å². The Labute approximate surface area is 185 Å². The minimum atomic E-state index is -0.602. The van der Waals surface area contributed by atoms with Gasteiger partial charge in [-0.05, 0) is 68.5 Å². The maximum atomic E-state index is 4.90. The third-order valence-electron chi connectivity index (χ3n) is 5.19. The van der Waals surface area contributed by atoms with E-state index in [-0.39, 0.29) is 10.3 Å². The maximum absolute atomic E-state index is 4.90. The SMILES string of the molecule is Cc1ccccc1C(P(c1ccccn1)C(C)(C)C)P(c1ccccn1)C(C)(C)C. The Morgan fingerprint density at radius 2 is 1.07 bits per heavy atom. The Balaban J connectivity index is 2.33. The Hall–Kier alpha value is -1.62. The number of rotatable bonds is 5. The van der Waals surface area contributed by atoms with Crippen LogP contribution in [0.2, 0.25) is 0 Å². The first-order valence-corrected chi connectivity index (χ1v) is 13.4. The van der Waals surface area contributed by atoms with Gasteiger partial charge in [0.15, 0.2) is 0 Å². The van der Waals surface area contributed by atoms with Crippen LogP contribution >= 0.6 is 15.8 Å². The van der Waals surface area contributed by atoms with E-state index < -0.39 is 15.8 Å². The summed E-state index contributed by atoms with van der Waals surface area (Å²) in [7, 11) is -1.20. The van der Waals surface area contributed by atoms with Gasteiger partial charge < -0.3 is 0 Å². The van der Waals surface area contributed by atoms with Crippen LogP contribution in [0.15, 0.2) is 73.1 Å². The molecule has 3 aromatic rings. The highest BCUT2D eigenvalue weighted by Crippen LogP contribution is 2.75. The van der Waals surface area contributed by atoms with Gasteiger partial charge in [0.2, 0.25) is 0 Å². The summed E-state index contributed by atoms with van der Waals surface area (Å²) in [5.41, 5.74) is 5.29. The second-order valence-corrected chi connectivity index (χ2v) is 16.2. The van der Waals surface area contributed by atoms with Gasteiger partial charge in [-0.3, -0.25) is 9.97 Å². The van der Waals surface area contributed by atoms with Crippen LogP contribution in [0.4, 0.5) is 0 Å². The van der Waals surface area contributed by atoms with E-state index in [1.807, 2.05) is 24.5 Å². The summed E-state index contributed by atoms with van der Waals surface area (Å²) in [6, 6.07) is 21.7. The molecule has 0 radical (unpaired) electrons. The van der Waals surface area contributed by atoms with Crippen LogP contribution in [0.5, 0.6) is 0 Å². The number of hydrogen-bond acceptors (Lipinski definition) is 2. The quantitative estimate of drug-likeness (QED) is 0.403. The van der Waals surface area contributed by atoms with Crippen molar-refractivity contribution < 1.29 is 0 Å². The highest BCUT2D eigenvalue weighted by molar-refractivity contribution is 7.83. The van der Waals surface area contributed by atoms with Crippen LogP contribution in [0.3, 0.4) is 0 Å². The standard InChI is InChI=1S/C26H34N2P2/c1-20-14-8-9-15-21(20)24(29(25(2,3)4)22-16-10-12-18-27-22)30(26(5,6)7)23-17-11-13-19-28-23/h8-19,24H,1-7H3. The van der Waals surface area contributed by atoms with E-state index in [0.29, 0.717) is 5.40 Å². The molecule has 4 heteroatoms. The molecule has 2 heterocycles. The van der Waals surface area contributed by atoms with E-state index in [0.717, 1.165) is 0 Å². The molecule has 1 aromatic carbocycles. The number of nitrogens with zero attached hydrogens (tertiary/aromatic N) is 2. The summed E-state index contributed by atoms with van der Waals surface area (Å²) >= 11 is 0. The predicted octanol–water partition coefficient (Wildman–Crippen LogP) is 7.00. The van der Waals surface area contributed by atoms with Crippen LogP contribution < -0.4 is 10.9 Å². The molecule has 0 amide bonds. The summed E-state index contributed by atoms with van der Waals surface area (Å²) in [6.45, 7) is 16.5. The van der Waals surface area contributed by atoms with Crippen LogP contribution in [0.25, 0.3) is 0 Å². The van der Waals surface area contributed by atoms with E-state index in [9.17, 15) is 0 Å². The highest BCUT2D eigenvalue weighted by Gasteiger charge is 2.45. The lowest BCUT2D eigenvalue weighted by atomic mass is 10.1. The first kappa shape index (κ1) is 23.1. The topological polar surface area (TPSA) is 25.8 Å². The molecule has 0 saturated heterocycles. The van der Waals surface area contributed by atoms with Gasteiger partial charge in [0.25, 0.3) is 0 Å². The second-order valence-electron chi connectivity index (χ2n) is 9.69. The van der Waals surface area contributed by atoms with Crippen molar-refractivity contribution in [3.8, 4) is 0 Å². The van der Waals surface area contributed by atoms with Gasteiger partial charge in [-0.25, -0.2) is 0 Å². The van der Waals surface area contributed by atoms with Crippen molar-refractivity contribution >= 4 is 26.7 Å². The fraction of sp³-hybridized carbons (Fsp3) is 0.385. The number of aryl methyl sites for hydroxylation is 1. The molecule has 2 unspecified atom stereocenters. The van der Waals surface area contributed by atoms with Gasteiger partial charge in [0, 0.05) is 17.8 Å². The summed E-state index contributed by atoms with van der Waals surface area (Å²) in [5.74, 6) is 0. The Morgan fingerprint density at radius 1 is 0.633 bits per heavy atom. The van der Waals surface area contributed by atoms with E-state index in [2.05, 4.69) is 97.0 Å². The largest absolute Gasteiger partial charge is 0.256 e. The van der Waals surface area contributed by atoms with Crippen molar-refractivity contribution in [2.24, 2.45) is 0 Å². The van der Waals surface area contributed by atoms with Gasteiger partial charge in [-0.15, -0.1) is 0 Å². The molecule has 0 N–H and O–H groups in total. The molecule has 0 spiro atoms. The molecule has 0 aliphatic heterocycles. The molecule has 30 heavy (non-hydrogen) atoms. The summed E-state index contributed by atoms with van der Waals surface area (Å²) in [4.78, 5) is 9.80. The molecule has 0 aliphatic rings. The Morgan fingerprint density at radius 3 is 1.43 bits per heavy atom. The molecule has 2 atom stereocenters. The number of hydrogen-bond donors (Lipinski definition) is 0. The Kier molecular flexibility index (Phi) is 7.11. The van der Waals surface area contributed by atoms with E-state index >= 15 is 0 Å². The minimum Gasteiger partial charge on any atom is -0.256 e. The average molecular weight is 437 g/mol. The predicted molar refractivity (Wildman–Crippen MR) is 135 cm³/mol. The normalized spacial score (nSPS) is 15.4. The lowest BCUT2D eigenvalue weighted by Crippen LogP contribution is -2.31. The molecule has 2 aromatic heterocycles. The van der Waals surface area contributed by atoms with Crippen LogP contribution in [0, 0.1) is 6.92 Å². The third-order valence-corrected chi connectivity index (χ3v) is 12.5. The molecule has 3 rings (SSSR count). The zero-order valence-electron chi connectivity index (χ0n) is 19.3. The van der Waals surface area contributed by atoms with E-state index in [4.69, 9.17) is 9.97 Å². The number of aromatic nitrogens is 2. The van der Waals surface area contributed by atoms with Crippen LogP contribution in [0.1, 0.15) is 58.1 Å². The summed E-state index contributed by atoms with van der Waals surface area (Å²) in [6.07, 6.45) is 3.90. The average Bonchev–Trinajstić information content (AvgIpc) is 2.67. The van der Waals surface area contributed by atoms with Gasteiger partial charge >= 0.3 is 0 Å². The zero-order chi connectivity index (χ0) is 21.9. The Bertz CT molecular complexity index is 887. The van der Waals surface area contributed by atoms with Crippen molar-refractivity contribution in [1.29, 1.82) is 0 Å². The zero-order valence-corrected chi connectivity index (χ0v) is 21.1. The molecule has 0 saturated carbocycles. The first-order chi connectivity index (χ1) is 14.1. The highest BCUT2D eigenvalue weighted by atomic mass is 31.2. The number of pyridine rings is 2. The maximum Gasteiger partial charge on any atom is 0.0645 e. The summed E-state index contributed by atoms with van der Waals surface area (Å²) in [5, 5.41) is 0.593. The van der Waals surface area contributed by atoms with Crippen LogP contribution in [-0.2, 0) is 0 Å². The van der Waals surface area contributed by atoms with E-state index in [1.165, 1.54) is 22.0 Å². The molecule has 158 valence electrons. The van der Waals surface area contributed by atoms with Gasteiger partial charge in [-0.2, -0.15) is 0 Å². The molecule has 0 aliphatic carbocycles. The molecular formula is C26H34N2P2. The molecule has 2 nitrogen and oxygen atoms in total. The molecular weight excluding hydrogens is 402 g/mol. The van der Waals surface area contributed by atoms with Crippen molar-refractivity contribution in [2.45, 2.75) is 64.2 Å². The fourth-order valence-corrected chi connectivity index (χ4v) is 13.0. The first-order valence-electron chi connectivity index (χ1n) is 10.6. The summed E-state index contributed by atoms with van der Waals surface area (Å²) < 4.78 is 0. The van der Waals surface area contributed by atoms with Gasteiger partial charge in [0.1, 0.15) is 0 Å². The van der Waals surface area contributed by atoms with E-state index in [1.54, 1.807) is 0 Å². The van der Waals surface area contributed by atoms with Gasteiger partial charge in [0.05, 0.1) is 10.9 Å². The third kappa shape index (κ3) is 5.16. The molecule has 0 fully saturated rings. The minimum absolute atomic E-state index is 0.108. The smallest absolute Gasteiger partial charge is 0.0645 e. The lowest BCUT2D eigenvalue weighted by molar-refractivity contribution is 0.769. The second kappa shape index (κ2) is 9.25. The monoisotopic (exact) mass is 436 g/mol. The lowest BCUT2D eigenvalue weighted by Gasteiger charge is -2.46. The van der Waals surface area contributed by atoms with Crippen LogP contribution in [-0.4, -0.2) is 20.3 Å². The molecule has 0 bridgehead atoms. The van der Waals surface area contributed by atoms with Crippen molar-refractivity contribution in [3.63, 3.8) is 0 Å². The van der Waals surface area contributed by atoms with Crippen molar-refractivity contribution in [3.05, 3.63) is 84.2 Å². The van der Waals surface area contributed by atoms with Gasteiger partial charge in [-0.1, -0.05) is 77.9 Å². The van der Waals surface area contributed by atoms with Crippen molar-refractivity contribution in [1.82, 2.24) is 9.97 Å². The number of benzene rings is 1. The fourth-order valence-electron chi connectivity index (χ4n) is 3.93.